The number of rotatable bonds is 1. The zero-order chi connectivity index (χ0) is 9.99. The van der Waals surface area contributed by atoms with Crippen molar-refractivity contribution in [1.82, 2.24) is 4.98 Å². The number of nitrogens with zero attached hydrogens (tertiary/aromatic N) is 2. The van der Waals surface area contributed by atoms with E-state index in [2.05, 4.69) is 20.9 Å². The van der Waals surface area contributed by atoms with Gasteiger partial charge in [-0.05, 0) is 52.7 Å². The lowest BCUT2D eigenvalue weighted by Crippen LogP contribution is -2.33. The molecule has 1 aromatic heterocycles. The van der Waals surface area contributed by atoms with Gasteiger partial charge in [-0.1, -0.05) is 0 Å². The van der Waals surface area contributed by atoms with Gasteiger partial charge in [0, 0.05) is 10.7 Å². The van der Waals surface area contributed by atoms with Crippen LogP contribution in [-0.4, -0.2) is 17.1 Å². The molecule has 0 spiro atoms. The van der Waals surface area contributed by atoms with E-state index >= 15 is 0 Å². The van der Waals surface area contributed by atoms with Crippen LogP contribution in [0.15, 0.2) is 22.8 Å². The van der Waals surface area contributed by atoms with Gasteiger partial charge in [0.25, 0.3) is 0 Å². The average molecular weight is 267 g/mol. The van der Waals surface area contributed by atoms with Crippen molar-refractivity contribution in [2.24, 2.45) is 11.8 Å². The zero-order valence-electron chi connectivity index (χ0n) is 8.14. The average Bonchev–Trinajstić information content (AvgIpc) is 2.86. The highest BCUT2D eigenvalue weighted by Gasteiger charge is 2.62. The summed E-state index contributed by atoms with van der Waals surface area (Å²) in [5, 5.41) is 2.03. The van der Waals surface area contributed by atoms with Gasteiger partial charge >= 0.3 is 0 Å². The fourth-order valence-corrected chi connectivity index (χ4v) is 3.26. The number of hydroxylamine groups is 1. The predicted octanol–water partition coefficient (Wildman–Crippen LogP) is 2.37. The van der Waals surface area contributed by atoms with E-state index in [0.717, 1.165) is 22.1 Å². The summed E-state index contributed by atoms with van der Waals surface area (Å²) in [5.41, 5.74) is 0. The molecule has 3 fully saturated rings. The second-order valence-electron chi connectivity index (χ2n) is 4.67. The van der Waals surface area contributed by atoms with Gasteiger partial charge in [-0.25, -0.2) is 10.0 Å². The van der Waals surface area contributed by atoms with Crippen LogP contribution in [0.4, 0.5) is 5.82 Å². The van der Waals surface area contributed by atoms with Gasteiger partial charge in [0.2, 0.25) is 0 Å². The maximum Gasteiger partial charge on any atom is 0.152 e. The van der Waals surface area contributed by atoms with Crippen LogP contribution in [0.2, 0.25) is 0 Å². The fourth-order valence-electron chi connectivity index (χ4n) is 3.03. The Balaban J connectivity index is 1.66. The van der Waals surface area contributed by atoms with E-state index in [-0.39, 0.29) is 0 Å². The molecule has 2 aliphatic carbocycles. The van der Waals surface area contributed by atoms with E-state index < -0.39 is 0 Å². The molecule has 0 aromatic carbocycles. The highest BCUT2D eigenvalue weighted by atomic mass is 79.9. The molecule has 1 aromatic rings. The highest BCUT2D eigenvalue weighted by Crippen LogP contribution is 2.59. The van der Waals surface area contributed by atoms with Crippen molar-refractivity contribution >= 4 is 21.7 Å². The molecule has 1 aliphatic heterocycles. The third kappa shape index (κ3) is 1.12. The first-order chi connectivity index (χ1) is 7.33. The first-order valence-electron chi connectivity index (χ1n) is 5.40. The molecule has 3 nitrogen and oxygen atoms in total. The number of hydrogen-bond acceptors (Lipinski definition) is 3. The smallest absolute Gasteiger partial charge is 0.152 e. The van der Waals surface area contributed by atoms with Gasteiger partial charge in [0.15, 0.2) is 5.82 Å². The van der Waals surface area contributed by atoms with Crippen molar-refractivity contribution in [3.8, 4) is 0 Å². The molecule has 0 N–H and O–H groups in total. The van der Waals surface area contributed by atoms with Gasteiger partial charge in [0.1, 0.15) is 0 Å². The van der Waals surface area contributed by atoms with Gasteiger partial charge < -0.3 is 0 Å². The lowest BCUT2D eigenvalue weighted by molar-refractivity contribution is 0.0482. The summed E-state index contributed by atoms with van der Waals surface area (Å²) in [6.07, 6.45) is 4.87. The Bertz CT molecular complexity index is 408. The number of aromatic nitrogens is 1. The molecule has 0 amide bonds. The number of halogens is 1. The SMILES string of the molecule is Brc1ccc(N2O[C@H]3C[C@@H]2[C@@H]2C[C@@H]23)nc1. The second kappa shape index (κ2) is 2.74. The van der Waals surface area contributed by atoms with Crippen molar-refractivity contribution < 1.29 is 4.84 Å². The second-order valence-corrected chi connectivity index (χ2v) is 5.59. The monoisotopic (exact) mass is 266 g/mol. The molecule has 15 heavy (non-hydrogen) atoms. The molecule has 2 saturated carbocycles. The first-order valence-corrected chi connectivity index (χ1v) is 6.20. The highest BCUT2D eigenvalue weighted by molar-refractivity contribution is 9.10. The van der Waals surface area contributed by atoms with Gasteiger partial charge in [-0.2, -0.15) is 0 Å². The fraction of sp³-hybridized carbons (Fsp3) is 0.545. The Kier molecular flexibility index (Phi) is 1.56. The Morgan fingerprint density at radius 3 is 2.93 bits per heavy atom. The van der Waals surface area contributed by atoms with Crippen LogP contribution in [0.25, 0.3) is 0 Å². The van der Waals surface area contributed by atoms with Crippen LogP contribution in [0.3, 0.4) is 0 Å². The third-order valence-electron chi connectivity index (χ3n) is 3.82. The molecular weight excluding hydrogens is 256 g/mol. The minimum atomic E-state index is 0.477. The summed E-state index contributed by atoms with van der Waals surface area (Å²) >= 11 is 3.39. The van der Waals surface area contributed by atoms with E-state index in [1.807, 2.05) is 23.4 Å². The van der Waals surface area contributed by atoms with Crippen molar-refractivity contribution in [1.29, 1.82) is 0 Å². The molecule has 4 heteroatoms. The maximum atomic E-state index is 5.90. The first kappa shape index (κ1) is 8.53. The molecule has 2 bridgehead atoms. The molecule has 4 rings (SSSR count). The van der Waals surface area contributed by atoms with Crippen molar-refractivity contribution in [2.45, 2.75) is 25.0 Å². The minimum Gasteiger partial charge on any atom is -0.268 e. The van der Waals surface area contributed by atoms with Crippen molar-refractivity contribution in [3.63, 3.8) is 0 Å². The number of fused-ring (bicyclic) bond motifs is 5. The third-order valence-corrected chi connectivity index (χ3v) is 4.29. The van der Waals surface area contributed by atoms with E-state index in [0.29, 0.717) is 12.1 Å². The Labute approximate surface area is 96.5 Å². The normalized spacial score (nSPS) is 40.7. The lowest BCUT2D eigenvalue weighted by Gasteiger charge is -2.26. The Hall–Kier alpha value is -0.610. The standard InChI is InChI=1S/C11H11BrN2O/c12-6-1-2-11(13-5-6)14-9-4-10(15-14)8-3-7(8)9/h1-2,5,7-10H,3-4H2/t7-,8+,9-,10+/m1/s1. The van der Waals surface area contributed by atoms with E-state index in [9.17, 15) is 0 Å². The molecule has 4 atom stereocenters. The van der Waals surface area contributed by atoms with Crippen LogP contribution >= 0.6 is 15.9 Å². The summed E-state index contributed by atoms with van der Waals surface area (Å²) in [6.45, 7) is 0. The summed E-state index contributed by atoms with van der Waals surface area (Å²) in [6, 6.07) is 4.62. The maximum absolute atomic E-state index is 5.90. The van der Waals surface area contributed by atoms with Crippen molar-refractivity contribution in [2.75, 3.05) is 5.06 Å². The Morgan fingerprint density at radius 1 is 1.33 bits per heavy atom. The van der Waals surface area contributed by atoms with E-state index in [4.69, 9.17) is 4.84 Å². The largest absolute Gasteiger partial charge is 0.268 e. The minimum absolute atomic E-state index is 0.477. The van der Waals surface area contributed by atoms with Gasteiger partial charge in [0.05, 0.1) is 12.1 Å². The predicted molar refractivity (Wildman–Crippen MR) is 59.3 cm³/mol. The molecule has 0 unspecified atom stereocenters. The molecular formula is C11H11BrN2O. The summed E-state index contributed by atoms with van der Waals surface area (Å²) in [7, 11) is 0. The topological polar surface area (TPSA) is 25.4 Å². The van der Waals surface area contributed by atoms with Crippen LogP contribution in [0, 0.1) is 11.8 Å². The van der Waals surface area contributed by atoms with Crippen LogP contribution in [0.1, 0.15) is 12.8 Å². The van der Waals surface area contributed by atoms with Crippen LogP contribution < -0.4 is 5.06 Å². The van der Waals surface area contributed by atoms with Crippen molar-refractivity contribution in [3.05, 3.63) is 22.8 Å². The molecule has 78 valence electrons. The molecule has 3 aliphatic rings. The number of anilines is 1. The number of pyridine rings is 1. The zero-order valence-corrected chi connectivity index (χ0v) is 9.72. The molecule has 1 saturated heterocycles. The Morgan fingerprint density at radius 2 is 2.27 bits per heavy atom. The summed E-state index contributed by atoms with van der Waals surface area (Å²) in [5.74, 6) is 2.70. The van der Waals surface area contributed by atoms with Crippen LogP contribution in [0.5, 0.6) is 0 Å². The van der Waals surface area contributed by atoms with Gasteiger partial charge in [-0.15, -0.1) is 0 Å². The quantitative estimate of drug-likeness (QED) is 0.781. The lowest BCUT2D eigenvalue weighted by atomic mass is 10.2. The number of hydrogen-bond donors (Lipinski definition) is 0. The molecule has 0 radical (unpaired) electrons. The summed E-state index contributed by atoms with van der Waals surface area (Å²) in [4.78, 5) is 10.3. The van der Waals surface area contributed by atoms with Crippen LogP contribution in [-0.2, 0) is 4.84 Å². The van der Waals surface area contributed by atoms with E-state index in [1.165, 1.54) is 12.8 Å². The van der Waals surface area contributed by atoms with E-state index in [1.54, 1.807) is 0 Å². The molecule has 2 heterocycles. The summed E-state index contributed by atoms with van der Waals surface area (Å²) < 4.78 is 1.01. The van der Waals surface area contributed by atoms with Gasteiger partial charge in [-0.3, -0.25) is 4.84 Å².